The number of hydrogen-bond acceptors (Lipinski definition) is 4. The minimum absolute atomic E-state index is 0.501. The number of nitrogens with zero attached hydrogens (tertiary/aromatic N) is 3. The van der Waals surface area contributed by atoms with Gasteiger partial charge in [0, 0.05) is 30.4 Å². The second kappa shape index (κ2) is 5.30. The van der Waals surface area contributed by atoms with Gasteiger partial charge in [0.25, 0.3) is 0 Å². The van der Waals surface area contributed by atoms with Crippen LogP contribution >= 0.6 is 0 Å². The summed E-state index contributed by atoms with van der Waals surface area (Å²) in [6.45, 7) is 1.14. The summed E-state index contributed by atoms with van der Waals surface area (Å²) in [5.41, 5.74) is 8.74. The van der Waals surface area contributed by atoms with E-state index in [9.17, 15) is 0 Å². The molecule has 0 atom stereocenters. The van der Waals surface area contributed by atoms with E-state index >= 15 is 0 Å². The molecular weight excluding hydrogens is 252 g/mol. The van der Waals surface area contributed by atoms with Crippen LogP contribution in [0.25, 0.3) is 11.0 Å². The summed E-state index contributed by atoms with van der Waals surface area (Å²) in [7, 11) is 1.62. The number of nitrogens with two attached hydrogens (primary N) is 1. The monoisotopic (exact) mass is 268 g/mol. The zero-order chi connectivity index (χ0) is 13.9. The van der Waals surface area contributed by atoms with E-state index in [4.69, 9.17) is 10.5 Å². The van der Waals surface area contributed by atoms with Crippen LogP contribution < -0.4 is 10.5 Å². The zero-order valence-corrected chi connectivity index (χ0v) is 11.3. The van der Waals surface area contributed by atoms with E-state index in [1.807, 2.05) is 36.5 Å². The van der Waals surface area contributed by atoms with E-state index in [0.717, 1.165) is 22.3 Å². The lowest BCUT2D eigenvalue weighted by molar-refractivity contribution is 0.396. The molecule has 0 saturated carbocycles. The minimum Gasteiger partial charge on any atom is -0.481 e. The normalized spacial score (nSPS) is 10.9. The molecule has 2 N–H and O–H groups in total. The van der Waals surface area contributed by atoms with Gasteiger partial charge in [0.15, 0.2) is 0 Å². The number of rotatable bonds is 4. The first-order valence-corrected chi connectivity index (χ1v) is 6.44. The van der Waals surface area contributed by atoms with Gasteiger partial charge in [-0.15, -0.1) is 0 Å². The van der Waals surface area contributed by atoms with Crippen molar-refractivity contribution in [3.63, 3.8) is 0 Å². The molecule has 5 nitrogen and oxygen atoms in total. The molecule has 0 saturated heterocycles. The van der Waals surface area contributed by atoms with Gasteiger partial charge < -0.3 is 15.0 Å². The first-order valence-electron chi connectivity index (χ1n) is 6.44. The second-order valence-corrected chi connectivity index (χ2v) is 4.53. The Morgan fingerprint density at radius 3 is 2.95 bits per heavy atom. The van der Waals surface area contributed by atoms with Crippen molar-refractivity contribution < 1.29 is 4.74 Å². The molecule has 0 radical (unpaired) electrons. The number of ether oxygens (including phenoxy) is 1. The van der Waals surface area contributed by atoms with Gasteiger partial charge in [0.05, 0.1) is 19.3 Å². The quantitative estimate of drug-likeness (QED) is 0.785. The lowest BCUT2D eigenvalue weighted by Crippen LogP contribution is -2.02. The highest BCUT2D eigenvalue weighted by Crippen LogP contribution is 2.20. The largest absolute Gasteiger partial charge is 0.481 e. The Kier molecular flexibility index (Phi) is 3.35. The molecule has 3 aromatic rings. The van der Waals surface area contributed by atoms with Crippen LogP contribution in [-0.4, -0.2) is 21.6 Å². The van der Waals surface area contributed by atoms with Crippen molar-refractivity contribution in [1.29, 1.82) is 0 Å². The van der Waals surface area contributed by atoms with Crippen LogP contribution in [0, 0.1) is 0 Å². The molecule has 0 aromatic carbocycles. The highest BCUT2D eigenvalue weighted by Gasteiger charge is 2.09. The summed E-state index contributed by atoms with van der Waals surface area (Å²) in [4.78, 5) is 8.86. The predicted molar refractivity (Wildman–Crippen MR) is 77.5 cm³/mol. The molecule has 0 unspecified atom stereocenters. The van der Waals surface area contributed by atoms with Gasteiger partial charge >= 0.3 is 0 Å². The van der Waals surface area contributed by atoms with Crippen molar-refractivity contribution in [1.82, 2.24) is 14.5 Å². The Hall–Kier alpha value is -2.40. The first-order chi connectivity index (χ1) is 9.81. The third kappa shape index (κ3) is 2.23. The van der Waals surface area contributed by atoms with Gasteiger partial charge in [0.1, 0.15) is 5.65 Å². The van der Waals surface area contributed by atoms with Crippen LogP contribution in [0.2, 0.25) is 0 Å². The molecule has 0 aliphatic carbocycles. The minimum atomic E-state index is 0.501. The molecule has 0 spiro atoms. The number of pyridine rings is 2. The smallest absolute Gasteiger partial charge is 0.213 e. The third-order valence-electron chi connectivity index (χ3n) is 3.26. The van der Waals surface area contributed by atoms with Crippen LogP contribution in [0.1, 0.15) is 11.3 Å². The molecular formula is C15H16N4O. The fraction of sp³-hybridized carbons (Fsp3) is 0.200. The molecule has 3 rings (SSSR count). The molecule has 5 heteroatoms. The third-order valence-corrected chi connectivity index (χ3v) is 3.26. The molecule has 3 heterocycles. The Morgan fingerprint density at radius 2 is 2.15 bits per heavy atom. The van der Waals surface area contributed by atoms with Gasteiger partial charge in [0.2, 0.25) is 5.88 Å². The van der Waals surface area contributed by atoms with E-state index in [0.29, 0.717) is 19.0 Å². The summed E-state index contributed by atoms with van der Waals surface area (Å²) in [6.07, 6.45) is 3.83. The van der Waals surface area contributed by atoms with E-state index in [1.54, 1.807) is 13.3 Å². The Bertz CT molecular complexity index is 736. The molecule has 0 fully saturated rings. The molecule has 0 amide bonds. The van der Waals surface area contributed by atoms with E-state index in [2.05, 4.69) is 14.5 Å². The molecule has 20 heavy (non-hydrogen) atoms. The predicted octanol–water partition coefficient (Wildman–Crippen LogP) is 1.95. The second-order valence-electron chi connectivity index (χ2n) is 4.53. The van der Waals surface area contributed by atoms with Gasteiger partial charge in [-0.2, -0.15) is 0 Å². The highest BCUT2D eigenvalue weighted by molar-refractivity contribution is 5.80. The van der Waals surface area contributed by atoms with Crippen LogP contribution in [0.15, 0.2) is 42.7 Å². The number of hydrogen-bond donors (Lipinski definition) is 1. The summed E-state index contributed by atoms with van der Waals surface area (Å²) < 4.78 is 7.22. The number of aromatic nitrogens is 3. The van der Waals surface area contributed by atoms with Crippen molar-refractivity contribution in [2.45, 2.75) is 13.1 Å². The summed E-state index contributed by atoms with van der Waals surface area (Å²) >= 11 is 0. The highest BCUT2D eigenvalue weighted by atomic mass is 16.5. The Labute approximate surface area is 117 Å². The van der Waals surface area contributed by atoms with E-state index in [1.165, 1.54) is 0 Å². The van der Waals surface area contributed by atoms with Gasteiger partial charge in [-0.1, -0.05) is 6.07 Å². The van der Waals surface area contributed by atoms with Gasteiger partial charge in [-0.25, -0.2) is 9.97 Å². The van der Waals surface area contributed by atoms with Crippen molar-refractivity contribution in [3.05, 3.63) is 54.0 Å². The van der Waals surface area contributed by atoms with Crippen LogP contribution in [-0.2, 0) is 13.1 Å². The first kappa shape index (κ1) is 12.6. The van der Waals surface area contributed by atoms with Crippen molar-refractivity contribution in [2.24, 2.45) is 5.73 Å². The fourth-order valence-corrected chi connectivity index (χ4v) is 2.31. The molecule has 3 aromatic heterocycles. The van der Waals surface area contributed by atoms with Crippen molar-refractivity contribution in [3.8, 4) is 5.88 Å². The maximum Gasteiger partial charge on any atom is 0.213 e. The Balaban J connectivity index is 2.02. The number of methoxy groups -OCH3 is 1. The maximum atomic E-state index is 5.79. The Morgan fingerprint density at radius 1 is 1.25 bits per heavy atom. The zero-order valence-electron chi connectivity index (χ0n) is 11.3. The number of fused-ring (bicyclic) bond motifs is 1. The molecule has 102 valence electrons. The van der Waals surface area contributed by atoms with Gasteiger partial charge in [-0.3, -0.25) is 0 Å². The SMILES string of the molecule is COc1cccc(Cn2cc(CN)c3cccnc32)n1. The molecule has 0 aliphatic rings. The van der Waals surface area contributed by atoms with E-state index in [-0.39, 0.29) is 0 Å². The lowest BCUT2D eigenvalue weighted by atomic mass is 10.2. The van der Waals surface area contributed by atoms with Crippen LogP contribution in [0.4, 0.5) is 0 Å². The maximum absolute atomic E-state index is 5.79. The van der Waals surface area contributed by atoms with Crippen LogP contribution in [0.3, 0.4) is 0 Å². The van der Waals surface area contributed by atoms with Crippen molar-refractivity contribution in [2.75, 3.05) is 7.11 Å². The summed E-state index contributed by atoms with van der Waals surface area (Å²) in [6, 6.07) is 9.71. The van der Waals surface area contributed by atoms with Gasteiger partial charge in [-0.05, 0) is 23.8 Å². The lowest BCUT2D eigenvalue weighted by Gasteiger charge is -2.05. The van der Waals surface area contributed by atoms with E-state index < -0.39 is 0 Å². The van der Waals surface area contributed by atoms with Crippen molar-refractivity contribution >= 4 is 11.0 Å². The topological polar surface area (TPSA) is 66.0 Å². The average molecular weight is 268 g/mol. The average Bonchev–Trinajstić information content (AvgIpc) is 2.86. The summed E-state index contributed by atoms with van der Waals surface area (Å²) in [5, 5.41) is 1.10. The molecule has 0 bridgehead atoms. The molecule has 0 aliphatic heterocycles. The fourth-order valence-electron chi connectivity index (χ4n) is 2.31. The van der Waals surface area contributed by atoms with Crippen LogP contribution in [0.5, 0.6) is 5.88 Å². The summed E-state index contributed by atoms with van der Waals surface area (Å²) in [5.74, 6) is 0.617. The standard InChI is InChI=1S/C15H16N4O/c1-20-14-6-2-4-12(18-14)10-19-9-11(8-16)13-5-3-7-17-15(13)19/h2-7,9H,8,10,16H2,1H3.